The summed E-state index contributed by atoms with van der Waals surface area (Å²) in [7, 11) is 0. The Morgan fingerprint density at radius 3 is 2.84 bits per heavy atom. The number of carboxylic acid groups (broad SMARTS) is 1. The first kappa shape index (κ1) is 12.7. The molecule has 1 aromatic rings. The van der Waals surface area contributed by atoms with Gasteiger partial charge in [-0.15, -0.1) is 0 Å². The van der Waals surface area contributed by atoms with Crippen molar-refractivity contribution in [3.63, 3.8) is 0 Å². The summed E-state index contributed by atoms with van der Waals surface area (Å²) in [5.74, 6) is 1.30. The van der Waals surface area contributed by atoms with E-state index in [2.05, 4.69) is 18.2 Å². The molecule has 1 N–H and O–H groups in total. The number of halogens is 1. The second kappa shape index (κ2) is 5.01. The van der Waals surface area contributed by atoms with Gasteiger partial charge in [0.05, 0.1) is 0 Å². The van der Waals surface area contributed by atoms with Crippen LogP contribution in [0.3, 0.4) is 0 Å². The normalized spacial score (nSPS) is 31.8. The molecule has 2 bridgehead atoms. The molecule has 100 valence electrons. The molecule has 0 saturated heterocycles. The third-order valence-corrected chi connectivity index (χ3v) is 4.78. The molecular weight excluding hydrogens is 260 g/mol. The zero-order valence-electron chi connectivity index (χ0n) is 10.6. The summed E-state index contributed by atoms with van der Waals surface area (Å²) in [6.07, 6.45) is 6.77. The Morgan fingerprint density at radius 2 is 2.11 bits per heavy atom. The molecular formula is C16H17ClO2. The molecule has 3 heteroatoms. The van der Waals surface area contributed by atoms with E-state index in [0.29, 0.717) is 23.7 Å². The number of allylic oxidation sites excluding steroid dienone is 2. The molecule has 4 atom stereocenters. The number of carbonyl (C=O) groups is 1. The molecule has 2 aliphatic carbocycles. The van der Waals surface area contributed by atoms with Crippen LogP contribution in [0.5, 0.6) is 0 Å². The Balaban J connectivity index is 1.85. The molecule has 0 radical (unpaired) electrons. The van der Waals surface area contributed by atoms with E-state index in [1.807, 2.05) is 18.2 Å². The van der Waals surface area contributed by atoms with Crippen molar-refractivity contribution in [3.05, 3.63) is 47.0 Å². The highest BCUT2D eigenvalue weighted by Gasteiger charge is 2.44. The van der Waals surface area contributed by atoms with Crippen molar-refractivity contribution in [3.8, 4) is 0 Å². The SMILES string of the molecule is O=C(O)CCC1C2C=CC(C2)C1c1cccc(Cl)c1. The van der Waals surface area contributed by atoms with Crippen molar-refractivity contribution in [1.82, 2.24) is 0 Å². The fraction of sp³-hybridized carbons (Fsp3) is 0.438. The molecule has 0 spiro atoms. The maximum Gasteiger partial charge on any atom is 0.303 e. The van der Waals surface area contributed by atoms with Gasteiger partial charge in [-0.2, -0.15) is 0 Å². The third-order valence-electron chi connectivity index (χ3n) is 4.55. The summed E-state index contributed by atoms with van der Waals surface area (Å²) < 4.78 is 0. The second-order valence-electron chi connectivity index (χ2n) is 5.63. The van der Waals surface area contributed by atoms with E-state index in [0.717, 1.165) is 11.4 Å². The fourth-order valence-corrected chi connectivity index (χ4v) is 4.02. The van der Waals surface area contributed by atoms with Crippen molar-refractivity contribution in [2.75, 3.05) is 0 Å². The number of hydrogen-bond donors (Lipinski definition) is 1. The molecule has 3 rings (SSSR count). The Labute approximate surface area is 118 Å². The summed E-state index contributed by atoms with van der Waals surface area (Å²) >= 11 is 6.09. The maximum absolute atomic E-state index is 10.8. The monoisotopic (exact) mass is 276 g/mol. The van der Waals surface area contributed by atoms with Gasteiger partial charge >= 0.3 is 5.97 Å². The van der Waals surface area contributed by atoms with E-state index >= 15 is 0 Å². The Morgan fingerprint density at radius 1 is 1.32 bits per heavy atom. The minimum Gasteiger partial charge on any atom is -0.481 e. The van der Waals surface area contributed by atoms with Crippen LogP contribution in [0.2, 0.25) is 5.02 Å². The van der Waals surface area contributed by atoms with Crippen LogP contribution >= 0.6 is 11.6 Å². The highest BCUT2D eigenvalue weighted by Crippen LogP contribution is 2.54. The van der Waals surface area contributed by atoms with Crippen molar-refractivity contribution < 1.29 is 9.90 Å². The molecule has 2 nitrogen and oxygen atoms in total. The molecule has 0 aromatic heterocycles. The van der Waals surface area contributed by atoms with Crippen LogP contribution in [0.15, 0.2) is 36.4 Å². The number of fused-ring (bicyclic) bond motifs is 2. The van der Waals surface area contributed by atoms with E-state index in [-0.39, 0.29) is 6.42 Å². The first-order chi connectivity index (χ1) is 9.15. The van der Waals surface area contributed by atoms with Crippen molar-refractivity contribution in [2.45, 2.75) is 25.2 Å². The molecule has 0 aliphatic heterocycles. The van der Waals surface area contributed by atoms with Gasteiger partial charge in [0.1, 0.15) is 0 Å². The largest absolute Gasteiger partial charge is 0.481 e. The van der Waals surface area contributed by atoms with Gasteiger partial charge in [0.15, 0.2) is 0 Å². The highest BCUT2D eigenvalue weighted by atomic mass is 35.5. The van der Waals surface area contributed by atoms with E-state index in [1.54, 1.807) is 0 Å². The van der Waals surface area contributed by atoms with Gasteiger partial charge < -0.3 is 5.11 Å². The number of carboxylic acids is 1. The first-order valence-electron chi connectivity index (χ1n) is 6.81. The third kappa shape index (κ3) is 2.42. The van der Waals surface area contributed by atoms with Crippen molar-refractivity contribution >= 4 is 17.6 Å². The summed E-state index contributed by atoms with van der Waals surface area (Å²) in [4.78, 5) is 10.8. The molecule has 1 aromatic carbocycles. The maximum atomic E-state index is 10.8. The Hall–Kier alpha value is -1.28. The molecule has 4 unspecified atom stereocenters. The van der Waals surface area contributed by atoms with Gasteiger partial charge in [0, 0.05) is 11.4 Å². The van der Waals surface area contributed by atoms with Crippen LogP contribution in [0.4, 0.5) is 0 Å². The van der Waals surface area contributed by atoms with Crippen LogP contribution in [-0.4, -0.2) is 11.1 Å². The summed E-state index contributed by atoms with van der Waals surface area (Å²) in [5.41, 5.74) is 1.26. The first-order valence-corrected chi connectivity index (χ1v) is 7.18. The lowest BCUT2D eigenvalue weighted by Crippen LogP contribution is -2.19. The van der Waals surface area contributed by atoms with Gasteiger partial charge in [-0.25, -0.2) is 0 Å². The Bertz CT molecular complexity index is 523. The van der Waals surface area contributed by atoms with Crippen LogP contribution in [0.1, 0.15) is 30.7 Å². The minimum absolute atomic E-state index is 0.263. The standard InChI is InChI=1S/C16H17ClO2/c17-13-3-1-2-11(9-13)16-12-5-4-10(8-12)14(16)6-7-15(18)19/h1-5,9-10,12,14,16H,6-8H2,(H,18,19). The molecule has 0 heterocycles. The Kier molecular flexibility index (Phi) is 3.36. The van der Waals surface area contributed by atoms with Gasteiger partial charge in [-0.05, 0) is 54.2 Å². The number of benzene rings is 1. The molecule has 0 amide bonds. The van der Waals surface area contributed by atoms with Crippen LogP contribution in [-0.2, 0) is 4.79 Å². The van der Waals surface area contributed by atoms with E-state index in [4.69, 9.17) is 16.7 Å². The smallest absolute Gasteiger partial charge is 0.303 e. The van der Waals surface area contributed by atoms with Gasteiger partial charge in [-0.1, -0.05) is 35.9 Å². The van der Waals surface area contributed by atoms with Crippen molar-refractivity contribution in [2.24, 2.45) is 17.8 Å². The zero-order chi connectivity index (χ0) is 13.4. The lowest BCUT2D eigenvalue weighted by atomic mass is 9.76. The molecule has 19 heavy (non-hydrogen) atoms. The zero-order valence-corrected chi connectivity index (χ0v) is 11.4. The summed E-state index contributed by atoms with van der Waals surface area (Å²) in [6, 6.07) is 8.04. The predicted molar refractivity (Wildman–Crippen MR) is 75.3 cm³/mol. The lowest BCUT2D eigenvalue weighted by molar-refractivity contribution is -0.137. The summed E-state index contributed by atoms with van der Waals surface area (Å²) in [5, 5.41) is 9.67. The van der Waals surface area contributed by atoms with Crippen LogP contribution in [0.25, 0.3) is 0 Å². The second-order valence-corrected chi connectivity index (χ2v) is 6.06. The molecule has 1 saturated carbocycles. The van der Waals surface area contributed by atoms with Gasteiger partial charge in [0.2, 0.25) is 0 Å². The van der Waals surface area contributed by atoms with Crippen LogP contribution in [0, 0.1) is 17.8 Å². The van der Waals surface area contributed by atoms with Gasteiger partial charge in [0.25, 0.3) is 0 Å². The quantitative estimate of drug-likeness (QED) is 0.840. The van der Waals surface area contributed by atoms with E-state index in [1.165, 1.54) is 12.0 Å². The van der Waals surface area contributed by atoms with Crippen LogP contribution < -0.4 is 0 Å². The molecule has 2 aliphatic rings. The summed E-state index contributed by atoms with van der Waals surface area (Å²) in [6.45, 7) is 0. The number of hydrogen-bond acceptors (Lipinski definition) is 1. The minimum atomic E-state index is -0.698. The lowest BCUT2D eigenvalue weighted by Gasteiger charge is -2.28. The predicted octanol–water partition coefficient (Wildman–Crippen LogP) is 4.11. The fourth-order valence-electron chi connectivity index (χ4n) is 3.82. The highest BCUT2D eigenvalue weighted by molar-refractivity contribution is 6.30. The average Bonchev–Trinajstić information content (AvgIpc) is 2.96. The van der Waals surface area contributed by atoms with E-state index < -0.39 is 5.97 Å². The number of rotatable bonds is 4. The topological polar surface area (TPSA) is 37.3 Å². The van der Waals surface area contributed by atoms with E-state index in [9.17, 15) is 4.79 Å². The van der Waals surface area contributed by atoms with Gasteiger partial charge in [-0.3, -0.25) is 4.79 Å². The molecule has 1 fully saturated rings. The van der Waals surface area contributed by atoms with Crippen molar-refractivity contribution in [1.29, 1.82) is 0 Å². The number of aliphatic carboxylic acids is 1. The average molecular weight is 277 g/mol.